The van der Waals surface area contributed by atoms with Gasteiger partial charge in [-0.15, -0.1) is 0 Å². The van der Waals surface area contributed by atoms with E-state index in [0.29, 0.717) is 18.4 Å². The van der Waals surface area contributed by atoms with Crippen LogP contribution in [0.5, 0.6) is 0 Å². The second-order valence-electron chi connectivity index (χ2n) is 6.39. The molecule has 1 unspecified atom stereocenters. The number of rotatable bonds is 8. The Morgan fingerprint density at radius 1 is 1.32 bits per heavy atom. The SMILES string of the molecule is C=C(c1c(Br)cccc1Br)C(C)N(C(=O)/C(C(=N)C(F)F)=C(\F)NC)C1CC1. The van der Waals surface area contributed by atoms with Gasteiger partial charge in [-0.25, -0.2) is 8.78 Å². The maximum absolute atomic E-state index is 14.2. The van der Waals surface area contributed by atoms with E-state index in [1.54, 1.807) is 6.92 Å². The van der Waals surface area contributed by atoms with Crippen molar-refractivity contribution in [2.24, 2.45) is 0 Å². The van der Waals surface area contributed by atoms with Gasteiger partial charge in [0, 0.05) is 27.6 Å². The Balaban J connectivity index is 2.45. The van der Waals surface area contributed by atoms with Gasteiger partial charge < -0.3 is 10.2 Å². The highest BCUT2D eigenvalue weighted by molar-refractivity contribution is 9.11. The van der Waals surface area contributed by atoms with Gasteiger partial charge in [-0.3, -0.25) is 10.2 Å². The van der Waals surface area contributed by atoms with Crippen LogP contribution in [0.3, 0.4) is 0 Å². The molecule has 1 aromatic rings. The van der Waals surface area contributed by atoms with Crippen LogP contribution in [-0.2, 0) is 4.79 Å². The van der Waals surface area contributed by atoms with Crippen molar-refractivity contribution >= 4 is 49.1 Å². The predicted molar refractivity (Wildman–Crippen MR) is 111 cm³/mol. The van der Waals surface area contributed by atoms with Gasteiger partial charge in [-0.1, -0.05) is 44.5 Å². The largest absolute Gasteiger partial charge is 0.364 e. The van der Waals surface area contributed by atoms with Gasteiger partial charge in [-0.2, -0.15) is 4.39 Å². The lowest BCUT2D eigenvalue weighted by atomic mass is 9.98. The number of alkyl halides is 2. The molecule has 1 atom stereocenters. The summed E-state index contributed by atoms with van der Waals surface area (Å²) in [5, 5.41) is 9.60. The van der Waals surface area contributed by atoms with Crippen molar-refractivity contribution < 1.29 is 18.0 Å². The highest BCUT2D eigenvalue weighted by Crippen LogP contribution is 2.38. The Morgan fingerprint density at radius 3 is 2.29 bits per heavy atom. The van der Waals surface area contributed by atoms with E-state index in [-0.39, 0.29) is 6.04 Å². The lowest BCUT2D eigenvalue weighted by Crippen LogP contribution is -2.44. The molecule has 0 radical (unpaired) electrons. The molecule has 0 aromatic heterocycles. The third kappa shape index (κ3) is 4.68. The zero-order valence-corrected chi connectivity index (χ0v) is 18.5. The Morgan fingerprint density at radius 2 is 1.86 bits per heavy atom. The summed E-state index contributed by atoms with van der Waals surface area (Å²) < 4.78 is 41.9. The first-order valence-electron chi connectivity index (χ1n) is 8.52. The van der Waals surface area contributed by atoms with E-state index in [4.69, 9.17) is 5.41 Å². The van der Waals surface area contributed by atoms with Crippen molar-refractivity contribution in [2.75, 3.05) is 7.05 Å². The van der Waals surface area contributed by atoms with Gasteiger partial charge in [0.15, 0.2) is 0 Å². The first-order valence-corrected chi connectivity index (χ1v) is 10.1. The third-order valence-electron chi connectivity index (χ3n) is 4.52. The molecule has 2 N–H and O–H groups in total. The molecule has 1 aliphatic rings. The average Bonchev–Trinajstić information content (AvgIpc) is 3.46. The van der Waals surface area contributed by atoms with Crippen molar-refractivity contribution in [1.82, 2.24) is 10.2 Å². The van der Waals surface area contributed by atoms with Crippen LogP contribution in [0.15, 0.2) is 45.2 Å². The lowest BCUT2D eigenvalue weighted by molar-refractivity contribution is -0.128. The maximum Gasteiger partial charge on any atom is 0.280 e. The Labute approximate surface area is 178 Å². The van der Waals surface area contributed by atoms with Crippen LogP contribution in [0.4, 0.5) is 13.2 Å². The fourth-order valence-electron chi connectivity index (χ4n) is 2.88. The minimum atomic E-state index is -3.27. The molecule has 0 aliphatic heterocycles. The molecule has 9 heteroatoms. The van der Waals surface area contributed by atoms with Crippen molar-refractivity contribution in [3.05, 3.63) is 50.8 Å². The Hall–Kier alpha value is -1.61. The molecule has 0 bridgehead atoms. The van der Waals surface area contributed by atoms with Gasteiger partial charge in [0.1, 0.15) is 11.3 Å². The highest BCUT2D eigenvalue weighted by atomic mass is 79.9. The minimum absolute atomic E-state index is 0.217. The molecule has 1 fully saturated rings. The number of carbonyl (C=O) groups is 1. The zero-order chi connectivity index (χ0) is 21.2. The summed E-state index contributed by atoms with van der Waals surface area (Å²) in [4.78, 5) is 14.4. The average molecular weight is 523 g/mol. The van der Waals surface area contributed by atoms with Gasteiger partial charge in [0.25, 0.3) is 12.3 Å². The number of amides is 1. The summed E-state index contributed by atoms with van der Waals surface area (Å²) in [5.41, 5.74) is -0.998. The number of benzene rings is 1. The van der Waals surface area contributed by atoms with E-state index in [2.05, 4.69) is 43.8 Å². The molecule has 0 heterocycles. The fraction of sp³-hybridized carbons (Fsp3) is 0.368. The maximum atomic E-state index is 14.2. The second-order valence-corrected chi connectivity index (χ2v) is 8.10. The van der Waals surface area contributed by atoms with Crippen LogP contribution in [0.2, 0.25) is 0 Å². The second kappa shape index (κ2) is 9.26. The summed E-state index contributed by atoms with van der Waals surface area (Å²) >= 11 is 6.91. The lowest BCUT2D eigenvalue weighted by Gasteiger charge is -2.32. The van der Waals surface area contributed by atoms with E-state index in [0.717, 1.165) is 14.5 Å². The van der Waals surface area contributed by atoms with Gasteiger partial charge in [-0.05, 0) is 37.5 Å². The van der Waals surface area contributed by atoms with Crippen LogP contribution < -0.4 is 5.32 Å². The van der Waals surface area contributed by atoms with Crippen molar-refractivity contribution in [3.8, 4) is 0 Å². The zero-order valence-electron chi connectivity index (χ0n) is 15.3. The normalized spacial score (nSPS) is 15.7. The molecular weight excluding hydrogens is 503 g/mol. The van der Waals surface area contributed by atoms with Crippen LogP contribution in [0.25, 0.3) is 5.57 Å². The Kier molecular flexibility index (Phi) is 7.50. The number of nitrogens with one attached hydrogen (secondary N) is 2. The predicted octanol–water partition coefficient (Wildman–Crippen LogP) is 5.29. The molecule has 28 heavy (non-hydrogen) atoms. The van der Waals surface area contributed by atoms with Crippen molar-refractivity contribution in [2.45, 2.75) is 38.3 Å². The van der Waals surface area contributed by atoms with Crippen LogP contribution >= 0.6 is 31.9 Å². The van der Waals surface area contributed by atoms with Crippen LogP contribution in [0, 0.1) is 5.41 Å². The first kappa shape index (κ1) is 22.7. The number of hydrogen-bond acceptors (Lipinski definition) is 3. The third-order valence-corrected chi connectivity index (χ3v) is 5.84. The summed E-state index contributed by atoms with van der Waals surface area (Å²) in [6, 6.07) is 4.65. The molecule has 0 spiro atoms. The monoisotopic (exact) mass is 521 g/mol. The summed E-state index contributed by atoms with van der Waals surface area (Å²) in [5.74, 6) is -2.20. The molecule has 1 aliphatic carbocycles. The van der Waals surface area contributed by atoms with Gasteiger partial charge in [0.2, 0.25) is 5.95 Å². The smallest absolute Gasteiger partial charge is 0.280 e. The highest BCUT2D eigenvalue weighted by Gasteiger charge is 2.41. The van der Waals surface area contributed by atoms with E-state index in [9.17, 15) is 18.0 Å². The molecular formula is C19H20Br2F3N3O. The van der Waals surface area contributed by atoms with E-state index in [1.807, 2.05) is 18.2 Å². The summed E-state index contributed by atoms with van der Waals surface area (Å²) in [6.45, 7) is 5.80. The van der Waals surface area contributed by atoms with Crippen LogP contribution in [-0.4, -0.2) is 42.1 Å². The molecule has 1 amide bonds. The molecule has 1 saturated carbocycles. The molecule has 1 aromatic carbocycles. The summed E-state index contributed by atoms with van der Waals surface area (Å²) in [7, 11) is 1.17. The number of nitrogens with zero attached hydrogens (tertiary/aromatic N) is 1. The van der Waals surface area contributed by atoms with Gasteiger partial charge in [0.05, 0.1) is 6.04 Å². The van der Waals surface area contributed by atoms with E-state index in [1.165, 1.54) is 11.9 Å². The molecule has 0 saturated heterocycles. The molecule has 152 valence electrons. The number of hydrogen-bond donors (Lipinski definition) is 2. The standard InChI is InChI=1S/C19H20Br2F3N3O/c1-9(14-12(20)5-4-6-13(14)21)10(2)27(11-7-8-11)19(28)15(18(24)26-3)16(25)17(22)23/h4-6,10-11,17,25-26H,1,7-8H2,2-3H3/b18-15+,25-16?. The molecule has 2 rings (SSSR count). The molecule has 4 nitrogen and oxygen atoms in total. The van der Waals surface area contributed by atoms with Crippen molar-refractivity contribution in [3.63, 3.8) is 0 Å². The van der Waals surface area contributed by atoms with E-state index >= 15 is 0 Å². The number of carbonyl (C=O) groups excluding carboxylic acids is 1. The van der Waals surface area contributed by atoms with Crippen LogP contribution in [0.1, 0.15) is 25.3 Å². The quantitative estimate of drug-likeness (QED) is 0.277. The first-order chi connectivity index (χ1) is 13.1. The number of halogens is 5. The van der Waals surface area contributed by atoms with E-state index < -0.39 is 35.6 Å². The minimum Gasteiger partial charge on any atom is -0.364 e. The van der Waals surface area contributed by atoms with Crippen molar-refractivity contribution in [1.29, 1.82) is 5.41 Å². The fourth-order valence-corrected chi connectivity index (χ4v) is 4.39. The topological polar surface area (TPSA) is 56.2 Å². The summed E-state index contributed by atoms with van der Waals surface area (Å²) in [6.07, 6.45) is -1.91. The Bertz CT molecular complexity index is 817. The van der Waals surface area contributed by atoms with Gasteiger partial charge >= 0.3 is 0 Å².